The molecule has 2 saturated heterocycles. The second-order valence-corrected chi connectivity index (χ2v) is 3.50. The number of hydrogen-bond donors (Lipinski definition) is 2. The molecule has 2 fully saturated rings. The van der Waals surface area contributed by atoms with E-state index in [1.807, 2.05) is 0 Å². The second-order valence-electron chi connectivity index (χ2n) is 3.50. The molecule has 0 saturated carbocycles. The highest BCUT2D eigenvalue weighted by molar-refractivity contribution is 4.94. The van der Waals surface area contributed by atoms with Gasteiger partial charge in [-0.2, -0.15) is 0 Å². The van der Waals surface area contributed by atoms with Crippen molar-refractivity contribution in [3.63, 3.8) is 0 Å². The minimum absolute atomic E-state index is 0.372. The van der Waals surface area contributed by atoms with Gasteiger partial charge in [0.2, 0.25) is 0 Å². The third-order valence-electron chi connectivity index (χ3n) is 2.72. The summed E-state index contributed by atoms with van der Waals surface area (Å²) in [6.07, 6.45) is 2.33. The van der Waals surface area contributed by atoms with Crippen molar-refractivity contribution in [2.45, 2.75) is 18.4 Å². The van der Waals surface area contributed by atoms with Crippen molar-refractivity contribution in [2.75, 3.05) is 32.8 Å². The molecule has 11 heavy (non-hydrogen) atoms. The van der Waals surface area contributed by atoms with Crippen LogP contribution in [-0.2, 0) is 4.74 Å². The van der Waals surface area contributed by atoms with Crippen molar-refractivity contribution < 1.29 is 4.74 Å². The zero-order chi connectivity index (χ0) is 7.57. The first-order chi connectivity index (χ1) is 5.41. The Kier molecular flexibility index (Phi) is 2.11. The van der Waals surface area contributed by atoms with Crippen LogP contribution in [0.15, 0.2) is 0 Å². The lowest BCUT2D eigenvalue weighted by Gasteiger charge is -2.41. The number of ether oxygens (including phenoxy) is 1. The number of nitrogens with one attached hydrogen (secondary N) is 2. The summed E-state index contributed by atoms with van der Waals surface area (Å²) < 4.78 is 5.33. The molecule has 1 spiro atoms. The van der Waals surface area contributed by atoms with Crippen LogP contribution < -0.4 is 10.6 Å². The van der Waals surface area contributed by atoms with E-state index in [0.29, 0.717) is 5.54 Å². The summed E-state index contributed by atoms with van der Waals surface area (Å²) >= 11 is 0. The van der Waals surface area contributed by atoms with Crippen LogP contribution in [-0.4, -0.2) is 38.4 Å². The van der Waals surface area contributed by atoms with E-state index in [2.05, 4.69) is 10.6 Å². The van der Waals surface area contributed by atoms with Gasteiger partial charge < -0.3 is 15.4 Å². The van der Waals surface area contributed by atoms with Gasteiger partial charge in [-0.15, -0.1) is 0 Å². The quantitative estimate of drug-likeness (QED) is 0.506. The zero-order valence-corrected chi connectivity index (χ0v) is 6.86. The highest BCUT2D eigenvalue weighted by atomic mass is 16.5. The fourth-order valence-corrected chi connectivity index (χ4v) is 1.92. The Morgan fingerprint density at radius 1 is 1.09 bits per heavy atom. The van der Waals surface area contributed by atoms with Crippen LogP contribution in [0, 0.1) is 0 Å². The van der Waals surface area contributed by atoms with Crippen LogP contribution in [0.3, 0.4) is 0 Å². The minimum Gasteiger partial charge on any atom is -0.381 e. The Labute approximate surface area is 67.5 Å². The van der Waals surface area contributed by atoms with E-state index >= 15 is 0 Å². The van der Waals surface area contributed by atoms with Crippen LogP contribution in [0.25, 0.3) is 0 Å². The van der Waals surface area contributed by atoms with E-state index in [-0.39, 0.29) is 0 Å². The first kappa shape index (κ1) is 7.53. The summed E-state index contributed by atoms with van der Waals surface area (Å²) in [6, 6.07) is 0. The Balaban J connectivity index is 1.94. The summed E-state index contributed by atoms with van der Waals surface area (Å²) in [5.74, 6) is 0. The Bertz CT molecular complexity index is 107. The largest absolute Gasteiger partial charge is 0.381 e. The van der Waals surface area contributed by atoms with Crippen LogP contribution >= 0.6 is 0 Å². The lowest BCUT2D eigenvalue weighted by molar-refractivity contribution is 0.0327. The summed E-state index contributed by atoms with van der Waals surface area (Å²) in [7, 11) is 0. The van der Waals surface area contributed by atoms with Crippen molar-refractivity contribution >= 4 is 0 Å². The normalized spacial score (nSPS) is 30.5. The highest BCUT2D eigenvalue weighted by Crippen LogP contribution is 2.20. The number of hydrogen-bond acceptors (Lipinski definition) is 3. The van der Waals surface area contributed by atoms with Gasteiger partial charge in [-0.3, -0.25) is 0 Å². The average Bonchev–Trinajstić information content (AvgIpc) is 2.07. The van der Waals surface area contributed by atoms with E-state index in [1.54, 1.807) is 0 Å². The lowest BCUT2D eigenvalue weighted by atomic mass is 9.89. The summed E-state index contributed by atoms with van der Waals surface area (Å²) in [5, 5.41) is 7.02. The molecular formula is C8H16N2O. The third kappa shape index (κ3) is 1.55. The summed E-state index contributed by atoms with van der Waals surface area (Å²) in [6.45, 7) is 5.20. The van der Waals surface area contributed by atoms with Gasteiger partial charge in [0.05, 0.1) is 0 Å². The molecule has 2 N–H and O–H groups in total. The Hall–Kier alpha value is -0.120. The fraction of sp³-hybridized carbons (Fsp3) is 1.00. The molecule has 0 bridgehead atoms. The van der Waals surface area contributed by atoms with Gasteiger partial charge in [0, 0.05) is 38.4 Å². The maximum atomic E-state index is 5.33. The molecule has 2 rings (SSSR count). The van der Waals surface area contributed by atoms with Crippen LogP contribution in [0.5, 0.6) is 0 Å². The molecule has 0 atom stereocenters. The second kappa shape index (κ2) is 3.09. The Morgan fingerprint density at radius 3 is 2.55 bits per heavy atom. The van der Waals surface area contributed by atoms with Crippen LogP contribution in [0.2, 0.25) is 0 Å². The molecule has 2 aliphatic rings. The van der Waals surface area contributed by atoms with Crippen LogP contribution in [0.1, 0.15) is 12.8 Å². The highest BCUT2D eigenvalue weighted by Gasteiger charge is 2.33. The molecular weight excluding hydrogens is 140 g/mol. The molecule has 3 heteroatoms. The number of piperazine rings is 1. The zero-order valence-electron chi connectivity index (χ0n) is 6.86. The van der Waals surface area contributed by atoms with Crippen molar-refractivity contribution in [1.29, 1.82) is 0 Å². The standard InChI is InChI=1S/C8H16N2O/c1-5-11-6-2-8(1)7-9-3-4-10-8/h9-10H,1-7H2. The van der Waals surface area contributed by atoms with Gasteiger partial charge in [0.25, 0.3) is 0 Å². The molecule has 0 unspecified atom stereocenters. The van der Waals surface area contributed by atoms with Crippen molar-refractivity contribution in [1.82, 2.24) is 10.6 Å². The minimum atomic E-state index is 0.372. The average molecular weight is 156 g/mol. The molecule has 2 aliphatic heterocycles. The van der Waals surface area contributed by atoms with Gasteiger partial charge >= 0.3 is 0 Å². The Morgan fingerprint density at radius 2 is 1.91 bits per heavy atom. The van der Waals surface area contributed by atoms with Gasteiger partial charge in [0.1, 0.15) is 0 Å². The van der Waals surface area contributed by atoms with E-state index in [9.17, 15) is 0 Å². The maximum Gasteiger partial charge on any atom is 0.0484 e. The molecule has 0 aliphatic carbocycles. The van der Waals surface area contributed by atoms with Crippen molar-refractivity contribution in [3.05, 3.63) is 0 Å². The van der Waals surface area contributed by atoms with Gasteiger partial charge in [-0.1, -0.05) is 0 Å². The van der Waals surface area contributed by atoms with Gasteiger partial charge in [0.15, 0.2) is 0 Å². The molecule has 0 aromatic rings. The fourth-order valence-electron chi connectivity index (χ4n) is 1.92. The van der Waals surface area contributed by atoms with E-state index in [1.165, 1.54) is 12.8 Å². The molecule has 0 aromatic heterocycles. The van der Waals surface area contributed by atoms with E-state index in [0.717, 1.165) is 32.8 Å². The summed E-state index contributed by atoms with van der Waals surface area (Å²) in [4.78, 5) is 0. The smallest absolute Gasteiger partial charge is 0.0484 e. The molecule has 64 valence electrons. The topological polar surface area (TPSA) is 33.3 Å². The monoisotopic (exact) mass is 156 g/mol. The van der Waals surface area contributed by atoms with Crippen LogP contribution in [0.4, 0.5) is 0 Å². The third-order valence-corrected chi connectivity index (χ3v) is 2.72. The first-order valence-corrected chi connectivity index (χ1v) is 4.45. The summed E-state index contributed by atoms with van der Waals surface area (Å²) in [5.41, 5.74) is 0.372. The van der Waals surface area contributed by atoms with Gasteiger partial charge in [-0.25, -0.2) is 0 Å². The predicted octanol–water partition coefficient (Wildman–Crippen LogP) is -0.272. The predicted molar refractivity (Wildman–Crippen MR) is 43.7 cm³/mol. The van der Waals surface area contributed by atoms with E-state index < -0.39 is 0 Å². The number of rotatable bonds is 0. The van der Waals surface area contributed by atoms with Crippen molar-refractivity contribution in [2.24, 2.45) is 0 Å². The molecule has 0 radical (unpaired) electrons. The molecule has 0 aromatic carbocycles. The van der Waals surface area contributed by atoms with Gasteiger partial charge in [-0.05, 0) is 12.8 Å². The first-order valence-electron chi connectivity index (χ1n) is 4.45. The molecule has 2 heterocycles. The lowest BCUT2D eigenvalue weighted by Crippen LogP contribution is -2.61. The molecule has 3 nitrogen and oxygen atoms in total. The van der Waals surface area contributed by atoms with E-state index in [4.69, 9.17) is 4.74 Å². The molecule has 0 amide bonds. The maximum absolute atomic E-state index is 5.33. The van der Waals surface area contributed by atoms with Crippen molar-refractivity contribution in [3.8, 4) is 0 Å². The SMILES string of the molecule is C1CNC2(CCOCC2)CN1.